The summed E-state index contributed by atoms with van der Waals surface area (Å²) in [5.41, 5.74) is 0.708. The van der Waals surface area contributed by atoms with Crippen molar-refractivity contribution >= 4 is 26.9 Å². The number of aromatic amines is 1. The van der Waals surface area contributed by atoms with Gasteiger partial charge in [0.2, 0.25) is 10.0 Å². The summed E-state index contributed by atoms with van der Waals surface area (Å²) < 4.78 is 24.5. The predicted molar refractivity (Wildman–Crippen MR) is 79.3 cm³/mol. The van der Waals surface area contributed by atoms with E-state index in [-0.39, 0.29) is 0 Å². The van der Waals surface area contributed by atoms with Crippen molar-refractivity contribution in [1.29, 1.82) is 0 Å². The van der Waals surface area contributed by atoms with Crippen molar-refractivity contribution in [2.24, 2.45) is 5.92 Å². The summed E-state index contributed by atoms with van der Waals surface area (Å²) in [5, 5.41) is 10.9. The molecule has 114 valence electrons. The largest absolute Gasteiger partial charge is 0.369 e. The van der Waals surface area contributed by atoms with Crippen molar-refractivity contribution in [2.45, 2.75) is 12.8 Å². The molecule has 0 spiro atoms. The minimum Gasteiger partial charge on any atom is -0.369 e. The number of anilines is 1. The minimum atomic E-state index is -3.06. The van der Waals surface area contributed by atoms with E-state index in [0.717, 1.165) is 30.6 Å². The number of rotatable bonds is 4. The Balaban J connectivity index is 1.58. The van der Waals surface area contributed by atoms with Gasteiger partial charge in [-0.15, -0.1) is 0 Å². The molecule has 1 fully saturated rings. The van der Waals surface area contributed by atoms with E-state index in [1.54, 1.807) is 10.5 Å². The third-order valence-electron chi connectivity index (χ3n) is 3.85. The van der Waals surface area contributed by atoms with Gasteiger partial charge in [-0.1, -0.05) is 0 Å². The van der Waals surface area contributed by atoms with Crippen molar-refractivity contribution in [3.63, 3.8) is 0 Å². The maximum absolute atomic E-state index is 11.5. The van der Waals surface area contributed by atoms with E-state index in [9.17, 15) is 8.42 Å². The Morgan fingerprint density at radius 2 is 2.14 bits per heavy atom. The van der Waals surface area contributed by atoms with Gasteiger partial charge in [-0.2, -0.15) is 5.10 Å². The third-order valence-corrected chi connectivity index (χ3v) is 5.15. The molecule has 0 radical (unpaired) electrons. The number of piperidine rings is 1. The lowest BCUT2D eigenvalue weighted by molar-refractivity contribution is 0.283. The molecule has 0 atom stereocenters. The number of nitrogens with zero attached hydrogens (tertiary/aromatic N) is 4. The van der Waals surface area contributed by atoms with E-state index in [0.29, 0.717) is 24.7 Å². The molecule has 8 nitrogen and oxygen atoms in total. The number of hydrogen-bond acceptors (Lipinski definition) is 6. The van der Waals surface area contributed by atoms with Gasteiger partial charge in [0, 0.05) is 19.6 Å². The molecule has 0 aliphatic carbocycles. The molecule has 2 aromatic heterocycles. The van der Waals surface area contributed by atoms with Crippen LogP contribution in [0, 0.1) is 5.92 Å². The second-order valence-electron chi connectivity index (χ2n) is 5.34. The first-order valence-corrected chi connectivity index (χ1v) is 8.72. The summed E-state index contributed by atoms with van der Waals surface area (Å²) in [6.07, 6.45) is 6.18. The Kier molecular flexibility index (Phi) is 3.77. The highest BCUT2D eigenvalue weighted by molar-refractivity contribution is 7.88. The molecule has 2 N–H and O–H groups in total. The maximum atomic E-state index is 11.5. The van der Waals surface area contributed by atoms with Crippen LogP contribution in [0.4, 0.5) is 5.82 Å². The molecule has 0 unspecified atom stereocenters. The van der Waals surface area contributed by atoms with Gasteiger partial charge in [0.25, 0.3) is 0 Å². The first-order valence-electron chi connectivity index (χ1n) is 6.87. The quantitative estimate of drug-likeness (QED) is 0.849. The average Bonchev–Trinajstić information content (AvgIpc) is 2.93. The molecular weight excluding hydrogens is 292 g/mol. The Bertz CT molecular complexity index is 720. The summed E-state index contributed by atoms with van der Waals surface area (Å²) in [6.45, 7) is 1.96. The molecule has 21 heavy (non-hydrogen) atoms. The highest BCUT2D eigenvalue weighted by atomic mass is 32.2. The lowest BCUT2D eigenvalue weighted by Crippen LogP contribution is -2.39. The van der Waals surface area contributed by atoms with Crippen LogP contribution in [0.1, 0.15) is 12.8 Å². The molecular formula is C12H18N6O2S. The van der Waals surface area contributed by atoms with E-state index >= 15 is 0 Å². The first-order chi connectivity index (χ1) is 10.0. The summed E-state index contributed by atoms with van der Waals surface area (Å²) in [4.78, 5) is 8.32. The van der Waals surface area contributed by atoms with Gasteiger partial charge >= 0.3 is 0 Å². The molecule has 2 aromatic rings. The van der Waals surface area contributed by atoms with Crippen molar-refractivity contribution < 1.29 is 8.42 Å². The number of aromatic nitrogens is 4. The van der Waals surface area contributed by atoms with Crippen molar-refractivity contribution in [3.8, 4) is 0 Å². The summed E-state index contributed by atoms with van der Waals surface area (Å²) in [7, 11) is -3.06. The number of H-pyrrole nitrogens is 1. The standard InChI is InChI=1S/C12H18N6O2S/c1-21(19,20)18-4-2-9(3-5-18)6-13-11-10-7-16-17-12(10)15-8-14-11/h7-9H,2-6H2,1H3,(H2,13,14,15,16,17). The molecule has 0 aromatic carbocycles. The molecule has 0 saturated carbocycles. The zero-order valence-corrected chi connectivity index (χ0v) is 12.6. The molecule has 1 aliphatic heterocycles. The molecule has 9 heteroatoms. The fourth-order valence-corrected chi connectivity index (χ4v) is 3.47. The fourth-order valence-electron chi connectivity index (χ4n) is 2.59. The zero-order chi connectivity index (χ0) is 14.9. The van der Waals surface area contributed by atoms with E-state index in [4.69, 9.17) is 0 Å². The van der Waals surface area contributed by atoms with E-state index in [1.165, 1.54) is 12.6 Å². The third kappa shape index (κ3) is 3.13. The van der Waals surface area contributed by atoms with E-state index in [2.05, 4.69) is 25.5 Å². The summed E-state index contributed by atoms with van der Waals surface area (Å²) >= 11 is 0. The lowest BCUT2D eigenvalue weighted by atomic mass is 9.98. The van der Waals surface area contributed by atoms with Crippen LogP contribution < -0.4 is 5.32 Å². The van der Waals surface area contributed by atoms with Gasteiger partial charge < -0.3 is 5.32 Å². The van der Waals surface area contributed by atoms with Crippen LogP contribution in [-0.2, 0) is 10.0 Å². The van der Waals surface area contributed by atoms with Crippen LogP contribution in [-0.4, -0.2) is 58.8 Å². The first kappa shape index (κ1) is 14.2. The van der Waals surface area contributed by atoms with E-state index < -0.39 is 10.0 Å². The van der Waals surface area contributed by atoms with Crippen LogP contribution in [0.3, 0.4) is 0 Å². The van der Waals surface area contributed by atoms with Crippen molar-refractivity contribution in [2.75, 3.05) is 31.2 Å². The molecule has 0 bridgehead atoms. The molecule has 3 rings (SSSR count). The number of hydrogen-bond donors (Lipinski definition) is 2. The van der Waals surface area contributed by atoms with Gasteiger partial charge in [-0.05, 0) is 18.8 Å². The normalized spacial score (nSPS) is 18.1. The second kappa shape index (κ2) is 5.57. The topological polar surface area (TPSA) is 104 Å². The predicted octanol–water partition coefficient (Wildman–Crippen LogP) is 0.436. The van der Waals surface area contributed by atoms with Gasteiger partial charge in [0.05, 0.1) is 17.8 Å². The summed E-state index contributed by atoms with van der Waals surface area (Å²) in [6, 6.07) is 0. The Labute approximate surface area is 123 Å². The maximum Gasteiger partial charge on any atom is 0.211 e. The van der Waals surface area contributed by atoms with Crippen LogP contribution in [0.25, 0.3) is 11.0 Å². The van der Waals surface area contributed by atoms with Gasteiger partial charge in [-0.25, -0.2) is 22.7 Å². The monoisotopic (exact) mass is 310 g/mol. The van der Waals surface area contributed by atoms with Gasteiger partial charge in [0.15, 0.2) is 5.65 Å². The van der Waals surface area contributed by atoms with Gasteiger partial charge in [0.1, 0.15) is 12.1 Å². The molecule has 0 amide bonds. The summed E-state index contributed by atoms with van der Waals surface area (Å²) in [5.74, 6) is 1.21. The average molecular weight is 310 g/mol. The van der Waals surface area contributed by atoms with Crippen LogP contribution in [0.15, 0.2) is 12.5 Å². The zero-order valence-electron chi connectivity index (χ0n) is 11.8. The molecule has 3 heterocycles. The second-order valence-corrected chi connectivity index (χ2v) is 7.32. The van der Waals surface area contributed by atoms with Crippen molar-refractivity contribution in [1.82, 2.24) is 24.5 Å². The Morgan fingerprint density at radius 3 is 2.86 bits per heavy atom. The smallest absolute Gasteiger partial charge is 0.211 e. The molecule has 1 saturated heterocycles. The van der Waals surface area contributed by atoms with Crippen LogP contribution in [0.5, 0.6) is 0 Å². The number of nitrogens with one attached hydrogen (secondary N) is 2. The fraction of sp³-hybridized carbons (Fsp3) is 0.583. The highest BCUT2D eigenvalue weighted by Crippen LogP contribution is 2.21. The Hall–Kier alpha value is -1.74. The van der Waals surface area contributed by atoms with Crippen LogP contribution >= 0.6 is 0 Å². The highest BCUT2D eigenvalue weighted by Gasteiger charge is 2.24. The Morgan fingerprint density at radius 1 is 1.38 bits per heavy atom. The SMILES string of the molecule is CS(=O)(=O)N1CCC(CNc2ncnc3[nH]ncc23)CC1. The number of sulfonamides is 1. The van der Waals surface area contributed by atoms with E-state index in [1.807, 2.05) is 0 Å². The van der Waals surface area contributed by atoms with Crippen LogP contribution in [0.2, 0.25) is 0 Å². The van der Waals surface area contributed by atoms with Crippen molar-refractivity contribution in [3.05, 3.63) is 12.5 Å². The lowest BCUT2D eigenvalue weighted by Gasteiger charge is -2.30. The molecule has 1 aliphatic rings. The minimum absolute atomic E-state index is 0.444. The van der Waals surface area contributed by atoms with Gasteiger partial charge in [-0.3, -0.25) is 5.10 Å². The number of fused-ring (bicyclic) bond motifs is 1.